The molecule has 1 aliphatic rings. The maximum Gasteiger partial charge on any atom is 0.195 e. The van der Waals surface area contributed by atoms with Gasteiger partial charge in [0.1, 0.15) is 0 Å². The summed E-state index contributed by atoms with van der Waals surface area (Å²) in [7, 11) is 1.91. The number of aldehydes is 1. The predicted octanol–water partition coefficient (Wildman–Crippen LogP) is 4.21. The number of hydrogen-bond donors (Lipinski definition) is 2. The number of benzene rings is 3. The van der Waals surface area contributed by atoms with Gasteiger partial charge < -0.3 is 11.1 Å². The molecule has 1 aromatic heterocycles. The van der Waals surface area contributed by atoms with Crippen LogP contribution in [0.25, 0.3) is 16.8 Å². The highest BCUT2D eigenvalue weighted by Gasteiger charge is 2.28. The zero-order valence-corrected chi connectivity index (χ0v) is 16.4. The zero-order chi connectivity index (χ0) is 21.1. The van der Waals surface area contributed by atoms with E-state index in [4.69, 9.17) is 5.73 Å². The van der Waals surface area contributed by atoms with Crippen molar-refractivity contribution in [2.45, 2.75) is 0 Å². The van der Waals surface area contributed by atoms with E-state index in [0.29, 0.717) is 28.7 Å². The standard InChI is InChI=1S/C14H9NO2.C10H11N3/c15-9-4-5-10-11-3-1-2-8(7-16)13(11)14(17)12(10)6-9;1-11-9-5-2-3-6-10(9)13-8-4-7-12-13/h1-7H,15H2;2-8,11H,1H3. The number of nitrogens with two attached hydrogens (primary N) is 1. The smallest absolute Gasteiger partial charge is 0.195 e. The molecule has 0 atom stereocenters. The van der Waals surface area contributed by atoms with Gasteiger partial charge in [-0.2, -0.15) is 5.10 Å². The highest BCUT2D eigenvalue weighted by Crippen LogP contribution is 2.38. The van der Waals surface area contributed by atoms with Gasteiger partial charge in [0, 0.05) is 41.8 Å². The average Bonchev–Trinajstić information content (AvgIpc) is 3.41. The van der Waals surface area contributed by atoms with Crippen LogP contribution in [0, 0.1) is 0 Å². The third-order valence-electron chi connectivity index (χ3n) is 4.95. The van der Waals surface area contributed by atoms with Gasteiger partial charge in [-0.15, -0.1) is 0 Å². The summed E-state index contributed by atoms with van der Waals surface area (Å²) in [4.78, 5) is 23.2. The molecule has 0 radical (unpaired) electrons. The summed E-state index contributed by atoms with van der Waals surface area (Å²) in [6.07, 6.45) is 4.41. The molecule has 0 saturated carbocycles. The van der Waals surface area contributed by atoms with Crippen LogP contribution < -0.4 is 11.1 Å². The number of carbonyl (C=O) groups excluding carboxylic acids is 2. The Bertz CT molecular complexity index is 1230. The minimum Gasteiger partial charge on any atom is -0.399 e. The van der Waals surface area contributed by atoms with Crippen LogP contribution in [0.2, 0.25) is 0 Å². The van der Waals surface area contributed by atoms with E-state index in [2.05, 4.69) is 10.4 Å². The van der Waals surface area contributed by atoms with Gasteiger partial charge >= 0.3 is 0 Å². The van der Waals surface area contributed by atoms with Crippen LogP contribution in [-0.2, 0) is 0 Å². The highest BCUT2D eigenvalue weighted by molar-refractivity contribution is 6.24. The van der Waals surface area contributed by atoms with Gasteiger partial charge in [0.25, 0.3) is 0 Å². The topological polar surface area (TPSA) is 90.0 Å². The molecule has 5 rings (SSSR count). The third-order valence-corrected chi connectivity index (χ3v) is 4.95. The van der Waals surface area contributed by atoms with Crippen LogP contribution in [-0.4, -0.2) is 28.9 Å². The summed E-state index contributed by atoms with van der Waals surface area (Å²) in [5, 5.41) is 7.29. The zero-order valence-electron chi connectivity index (χ0n) is 16.4. The van der Waals surface area contributed by atoms with Crippen LogP contribution in [0.4, 0.5) is 11.4 Å². The highest BCUT2D eigenvalue weighted by atomic mass is 16.1. The van der Waals surface area contributed by atoms with Gasteiger partial charge in [0.15, 0.2) is 12.1 Å². The minimum atomic E-state index is -0.120. The first-order valence-electron chi connectivity index (χ1n) is 9.43. The van der Waals surface area contributed by atoms with Crippen LogP contribution in [0.3, 0.4) is 0 Å². The molecule has 0 bridgehead atoms. The molecule has 148 valence electrons. The second-order valence-electron chi connectivity index (χ2n) is 6.74. The number of anilines is 2. The van der Waals surface area contributed by atoms with Crippen molar-refractivity contribution < 1.29 is 9.59 Å². The molecule has 3 N–H and O–H groups in total. The van der Waals surface area contributed by atoms with Gasteiger partial charge in [0.05, 0.1) is 11.4 Å². The van der Waals surface area contributed by atoms with Crippen LogP contribution in [0.5, 0.6) is 0 Å². The molecule has 6 heteroatoms. The van der Waals surface area contributed by atoms with Crippen molar-refractivity contribution in [2.75, 3.05) is 18.1 Å². The summed E-state index contributed by atoms with van der Waals surface area (Å²) in [6, 6.07) is 20.5. The van der Waals surface area contributed by atoms with E-state index in [1.807, 2.05) is 60.4 Å². The fraction of sp³-hybridized carbons (Fsp3) is 0.0417. The Balaban J connectivity index is 0.000000151. The van der Waals surface area contributed by atoms with Crippen molar-refractivity contribution in [3.63, 3.8) is 0 Å². The molecule has 30 heavy (non-hydrogen) atoms. The lowest BCUT2D eigenvalue weighted by Crippen LogP contribution is -2.00. The fourth-order valence-corrected chi connectivity index (χ4v) is 3.56. The van der Waals surface area contributed by atoms with Gasteiger partial charge in [-0.1, -0.05) is 36.4 Å². The molecule has 0 aliphatic heterocycles. The third kappa shape index (κ3) is 3.35. The molecule has 0 unspecified atom stereocenters. The van der Waals surface area contributed by atoms with Crippen LogP contribution in [0.15, 0.2) is 79.1 Å². The van der Waals surface area contributed by atoms with E-state index in [-0.39, 0.29) is 5.78 Å². The Morgan fingerprint density at radius 1 is 0.967 bits per heavy atom. The van der Waals surface area contributed by atoms with Crippen molar-refractivity contribution in [2.24, 2.45) is 0 Å². The number of para-hydroxylation sites is 2. The Labute approximate surface area is 174 Å². The maximum absolute atomic E-state index is 12.2. The van der Waals surface area contributed by atoms with Gasteiger partial charge in [0.2, 0.25) is 0 Å². The molecule has 0 saturated heterocycles. The quantitative estimate of drug-likeness (QED) is 0.352. The molecule has 4 aromatic rings. The summed E-state index contributed by atoms with van der Waals surface area (Å²) in [5.41, 5.74) is 11.5. The number of fused-ring (bicyclic) bond motifs is 3. The van der Waals surface area contributed by atoms with Gasteiger partial charge in [-0.05, 0) is 41.5 Å². The van der Waals surface area contributed by atoms with E-state index < -0.39 is 0 Å². The largest absolute Gasteiger partial charge is 0.399 e. The minimum absolute atomic E-state index is 0.120. The molecular formula is C24H20N4O2. The summed E-state index contributed by atoms with van der Waals surface area (Å²) in [5.74, 6) is -0.120. The lowest BCUT2D eigenvalue weighted by molar-refractivity contribution is 0.103. The monoisotopic (exact) mass is 396 g/mol. The SMILES string of the molecule is CNc1ccccc1-n1cccn1.Nc1ccc2c(c1)C(=O)c1c(C=O)cccc1-2. The average molecular weight is 396 g/mol. The van der Waals surface area contributed by atoms with Crippen molar-refractivity contribution >= 4 is 23.4 Å². The number of rotatable bonds is 3. The summed E-state index contributed by atoms with van der Waals surface area (Å²) < 4.78 is 1.84. The van der Waals surface area contributed by atoms with Gasteiger partial charge in [-0.3, -0.25) is 9.59 Å². The number of ketones is 1. The molecule has 0 spiro atoms. The number of nitrogens with one attached hydrogen (secondary N) is 1. The first-order chi connectivity index (χ1) is 14.6. The van der Waals surface area contributed by atoms with Crippen molar-refractivity contribution in [3.8, 4) is 16.8 Å². The molecule has 3 aromatic carbocycles. The van der Waals surface area contributed by atoms with Crippen molar-refractivity contribution in [1.29, 1.82) is 0 Å². The second kappa shape index (κ2) is 8.05. The van der Waals surface area contributed by atoms with E-state index in [9.17, 15) is 9.59 Å². The van der Waals surface area contributed by atoms with E-state index in [1.54, 1.807) is 30.5 Å². The number of aromatic nitrogens is 2. The van der Waals surface area contributed by atoms with Crippen molar-refractivity contribution in [3.05, 3.63) is 95.8 Å². The molecule has 1 heterocycles. The summed E-state index contributed by atoms with van der Waals surface area (Å²) >= 11 is 0. The van der Waals surface area contributed by atoms with Crippen molar-refractivity contribution in [1.82, 2.24) is 9.78 Å². The first-order valence-corrected chi connectivity index (χ1v) is 9.43. The fourth-order valence-electron chi connectivity index (χ4n) is 3.56. The molecule has 1 aliphatic carbocycles. The Hall–Kier alpha value is -4.19. The number of nitrogens with zero attached hydrogens (tertiary/aromatic N) is 2. The van der Waals surface area contributed by atoms with E-state index in [1.165, 1.54) is 0 Å². The normalized spacial score (nSPS) is 11.2. The predicted molar refractivity (Wildman–Crippen MR) is 118 cm³/mol. The molecule has 0 amide bonds. The first kappa shape index (κ1) is 19.1. The van der Waals surface area contributed by atoms with Gasteiger partial charge in [-0.25, -0.2) is 4.68 Å². The maximum atomic E-state index is 12.2. The van der Waals surface area contributed by atoms with Crippen LogP contribution >= 0.6 is 0 Å². The number of nitrogen functional groups attached to an aromatic ring is 1. The second-order valence-corrected chi connectivity index (χ2v) is 6.74. The Kier molecular flexibility index (Phi) is 5.13. The lowest BCUT2D eigenvalue weighted by atomic mass is 10.0. The van der Waals surface area contributed by atoms with E-state index >= 15 is 0 Å². The van der Waals surface area contributed by atoms with Crippen LogP contribution in [0.1, 0.15) is 26.3 Å². The molecular weight excluding hydrogens is 376 g/mol. The Morgan fingerprint density at radius 3 is 2.53 bits per heavy atom. The number of hydrogen-bond acceptors (Lipinski definition) is 5. The lowest BCUT2D eigenvalue weighted by Gasteiger charge is -2.07. The molecule has 0 fully saturated rings. The Morgan fingerprint density at radius 2 is 1.80 bits per heavy atom. The number of carbonyl (C=O) groups is 2. The summed E-state index contributed by atoms with van der Waals surface area (Å²) in [6.45, 7) is 0. The molecule has 6 nitrogen and oxygen atoms in total. The van der Waals surface area contributed by atoms with E-state index in [0.717, 1.165) is 22.5 Å².